The van der Waals surface area contributed by atoms with Gasteiger partial charge in [-0.15, -0.1) is 0 Å². The number of hydrogen-bond acceptors (Lipinski definition) is 4. The lowest BCUT2D eigenvalue weighted by atomic mass is 10.2. The van der Waals surface area contributed by atoms with Crippen LogP contribution >= 0.6 is 15.9 Å². The summed E-state index contributed by atoms with van der Waals surface area (Å²) in [6, 6.07) is 7.86. The fourth-order valence-corrected chi connectivity index (χ4v) is 1.78. The largest absolute Gasteiger partial charge is 0.354 e. The Balaban J connectivity index is 2.12. The lowest BCUT2D eigenvalue weighted by molar-refractivity contribution is -0.112. The van der Waals surface area contributed by atoms with E-state index in [0.29, 0.717) is 12.4 Å². The van der Waals surface area contributed by atoms with Crippen LogP contribution in [0.15, 0.2) is 35.1 Å². The second kappa shape index (κ2) is 6.08. The van der Waals surface area contributed by atoms with Gasteiger partial charge < -0.3 is 9.47 Å². The van der Waals surface area contributed by atoms with Gasteiger partial charge in [0.1, 0.15) is 6.33 Å². The summed E-state index contributed by atoms with van der Waals surface area (Å²) >= 11 is 3.40. The summed E-state index contributed by atoms with van der Waals surface area (Å²) in [4.78, 5) is 4.26. The fourth-order valence-electron chi connectivity index (χ4n) is 1.51. The van der Waals surface area contributed by atoms with E-state index in [1.165, 1.54) is 0 Å². The third-order valence-corrected chi connectivity index (χ3v) is 3.03. The fraction of sp³-hybridized carbons (Fsp3) is 0.333. The van der Waals surface area contributed by atoms with Crippen molar-refractivity contribution in [3.8, 4) is 11.4 Å². The first-order chi connectivity index (χ1) is 8.72. The number of ether oxygens (including phenoxy) is 2. The first-order valence-electron chi connectivity index (χ1n) is 5.44. The third-order valence-electron chi connectivity index (χ3n) is 2.50. The van der Waals surface area contributed by atoms with Gasteiger partial charge in [-0.05, 0) is 12.1 Å². The van der Waals surface area contributed by atoms with Crippen LogP contribution in [0.2, 0.25) is 0 Å². The molecular formula is C12H14BrN3O2. The van der Waals surface area contributed by atoms with Crippen molar-refractivity contribution in [2.45, 2.75) is 12.8 Å². The van der Waals surface area contributed by atoms with Crippen molar-refractivity contribution in [2.24, 2.45) is 0 Å². The lowest BCUT2D eigenvalue weighted by Crippen LogP contribution is -2.20. The van der Waals surface area contributed by atoms with Gasteiger partial charge in [0.2, 0.25) is 0 Å². The Morgan fingerprint density at radius 2 is 1.89 bits per heavy atom. The minimum absolute atomic E-state index is 0.315. The summed E-state index contributed by atoms with van der Waals surface area (Å²) in [5.74, 6) is 0.688. The first-order valence-corrected chi connectivity index (χ1v) is 6.23. The normalized spacial score (nSPS) is 11.1. The van der Waals surface area contributed by atoms with Crippen LogP contribution in [0.5, 0.6) is 0 Å². The van der Waals surface area contributed by atoms with E-state index in [4.69, 9.17) is 9.47 Å². The second-order valence-corrected chi connectivity index (χ2v) is 4.61. The Morgan fingerprint density at radius 1 is 1.22 bits per heavy atom. The van der Waals surface area contributed by atoms with E-state index in [0.717, 1.165) is 10.0 Å². The summed E-state index contributed by atoms with van der Waals surface area (Å²) in [6.07, 6.45) is 1.35. The van der Waals surface area contributed by atoms with Crippen LogP contribution in [0.25, 0.3) is 11.4 Å². The summed E-state index contributed by atoms with van der Waals surface area (Å²) in [5.41, 5.74) is 0.975. The summed E-state index contributed by atoms with van der Waals surface area (Å²) < 4.78 is 13.0. The Labute approximate surface area is 114 Å². The average molecular weight is 312 g/mol. The molecule has 0 saturated heterocycles. The van der Waals surface area contributed by atoms with Crippen molar-refractivity contribution in [2.75, 3.05) is 14.2 Å². The third kappa shape index (κ3) is 3.16. The molecule has 0 saturated carbocycles. The zero-order valence-electron chi connectivity index (χ0n) is 10.2. The molecule has 0 aliphatic carbocycles. The van der Waals surface area contributed by atoms with Crippen molar-refractivity contribution in [3.05, 3.63) is 35.1 Å². The minimum Gasteiger partial charge on any atom is -0.354 e. The molecule has 1 aromatic carbocycles. The van der Waals surface area contributed by atoms with E-state index < -0.39 is 0 Å². The van der Waals surface area contributed by atoms with Crippen LogP contribution in [-0.4, -0.2) is 35.3 Å². The number of benzene rings is 1. The molecule has 96 valence electrons. The molecule has 2 rings (SSSR count). The van der Waals surface area contributed by atoms with Gasteiger partial charge in [-0.1, -0.05) is 28.1 Å². The van der Waals surface area contributed by atoms with Crippen LogP contribution < -0.4 is 0 Å². The van der Waals surface area contributed by atoms with E-state index in [-0.39, 0.29) is 6.29 Å². The maximum Gasteiger partial charge on any atom is 0.181 e. The quantitative estimate of drug-likeness (QED) is 0.795. The highest BCUT2D eigenvalue weighted by Crippen LogP contribution is 2.17. The predicted octanol–water partition coefficient (Wildman–Crippen LogP) is 2.33. The van der Waals surface area contributed by atoms with Gasteiger partial charge in [0.25, 0.3) is 0 Å². The maximum atomic E-state index is 5.12. The monoisotopic (exact) mass is 311 g/mol. The molecule has 0 spiro atoms. The number of methoxy groups -OCH3 is 2. The second-order valence-electron chi connectivity index (χ2n) is 3.70. The number of rotatable bonds is 5. The molecule has 1 aromatic heterocycles. The van der Waals surface area contributed by atoms with Gasteiger partial charge in [0.15, 0.2) is 12.1 Å². The van der Waals surface area contributed by atoms with E-state index in [2.05, 4.69) is 26.0 Å². The highest BCUT2D eigenvalue weighted by molar-refractivity contribution is 9.10. The van der Waals surface area contributed by atoms with Gasteiger partial charge in [-0.3, -0.25) is 0 Å². The van der Waals surface area contributed by atoms with Gasteiger partial charge in [-0.2, -0.15) is 5.10 Å². The minimum atomic E-state index is -0.315. The number of nitrogens with zero attached hydrogens (tertiary/aromatic N) is 3. The summed E-state index contributed by atoms with van der Waals surface area (Å²) in [5, 5.41) is 4.38. The molecule has 0 fully saturated rings. The van der Waals surface area contributed by atoms with Gasteiger partial charge in [0.05, 0.1) is 6.54 Å². The molecule has 0 bridgehead atoms. The van der Waals surface area contributed by atoms with Crippen LogP contribution in [0.4, 0.5) is 0 Å². The average Bonchev–Trinajstić information content (AvgIpc) is 2.85. The van der Waals surface area contributed by atoms with Crippen LogP contribution in [0, 0.1) is 0 Å². The smallest absolute Gasteiger partial charge is 0.181 e. The number of halogens is 1. The maximum absolute atomic E-state index is 5.12. The van der Waals surface area contributed by atoms with Gasteiger partial charge in [0, 0.05) is 24.3 Å². The summed E-state index contributed by atoms with van der Waals surface area (Å²) in [7, 11) is 3.20. The molecule has 0 unspecified atom stereocenters. The Kier molecular flexibility index (Phi) is 4.46. The number of hydrogen-bond donors (Lipinski definition) is 0. The van der Waals surface area contributed by atoms with Crippen molar-refractivity contribution in [1.29, 1.82) is 0 Å². The van der Waals surface area contributed by atoms with Gasteiger partial charge >= 0.3 is 0 Å². The molecule has 0 amide bonds. The molecule has 0 atom stereocenters. The Hall–Kier alpha value is -1.24. The molecule has 6 heteroatoms. The first kappa shape index (κ1) is 13.2. The van der Waals surface area contributed by atoms with Crippen LogP contribution in [-0.2, 0) is 16.0 Å². The van der Waals surface area contributed by atoms with Crippen LogP contribution in [0.3, 0.4) is 0 Å². The zero-order valence-corrected chi connectivity index (χ0v) is 11.8. The van der Waals surface area contributed by atoms with Crippen LogP contribution in [0.1, 0.15) is 0 Å². The van der Waals surface area contributed by atoms with Crippen molar-refractivity contribution in [3.63, 3.8) is 0 Å². The van der Waals surface area contributed by atoms with Crippen molar-refractivity contribution in [1.82, 2.24) is 14.8 Å². The SMILES string of the molecule is COC(Cn1cnc(-c2ccc(Br)cc2)n1)OC. The standard InChI is InChI=1S/C12H14BrN3O2/c1-17-11(18-2)7-16-8-14-12(15-16)9-3-5-10(13)6-4-9/h3-6,8,11H,7H2,1-2H3. The lowest BCUT2D eigenvalue weighted by Gasteiger charge is -2.12. The highest BCUT2D eigenvalue weighted by atomic mass is 79.9. The molecule has 0 N–H and O–H groups in total. The molecule has 1 heterocycles. The molecule has 0 aliphatic heterocycles. The van der Waals surface area contributed by atoms with Gasteiger partial charge in [-0.25, -0.2) is 9.67 Å². The summed E-state index contributed by atoms with van der Waals surface area (Å²) in [6.45, 7) is 0.510. The Morgan fingerprint density at radius 3 is 2.50 bits per heavy atom. The molecule has 2 aromatic rings. The molecule has 18 heavy (non-hydrogen) atoms. The predicted molar refractivity (Wildman–Crippen MR) is 71.0 cm³/mol. The van der Waals surface area contributed by atoms with E-state index in [9.17, 15) is 0 Å². The molecule has 5 nitrogen and oxygen atoms in total. The van der Waals surface area contributed by atoms with Crippen molar-refractivity contribution < 1.29 is 9.47 Å². The number of aromatic nitrogens is 3. The molecular weight excluding hydrogens is 298 g/mol. The van der Waals surface area contributed by atoms with E-state index in [1.54, 1.807) is 25.2 Å². The van der Waals surface area contributed by atoms with E-state index >= 15 is 0 Å². The topological polar surface area (TPSA) is 49.2 Å². The van der Waals surface area contributed by atoms with E-state index in [1.807, 2.05) is 24.3 Å². The molecule has 0 aliphatic rings. The highest BCUT2D eigenvalue weighted by Gasteiger charge is 2.09. The Bertz CT molecular complexity index is 494. The zero-order chi connectivity index (χ0) is 13.0. The molecule has 0 radical (unpaired) electrons. The van der Waals surface area contributed by atoms with Crippen molar-refractivity contribution >= 4 is 15.9 Å².